The fourth-order valence-electron chi connectivity index (χ4n) is 2.33. The van der Waals surface area contributed by atoms with Gasteiger partial charge in [0.25, 0.3) is 5.91 Å². The number of aromatic nitrogens is 2. The summed E-state index contributed by atoms with van der Waals surface area (Å²) < 4.78 is 3.78. The van der Waals surface area contributed by atoms with E-state index in [2.05, 4.69) is 35.6 Å². The number of hydrogen-bond donors (Lipinski definition) is 0. The molecule has 21 heavy (non-hydrogen) atoms. The molecule has 1 aromatic carbocycles. The van der Waals surface area contributed by atoms with Crippen LogP contribution in [0.1, 0.15) is 48.8 Å². The van der Waals surface area contributed by atoms with Crippen molar-refractivity contribution in [3.8, 4) is 0 Å². The van der Waals surface area contributed by atoms with Gasteiger partial charge in [-0.3, -0.25) is 4.79 Å². The molecule has 0 saturated carbocycles. The molecule has 0 fully saturated rings. The van der Waals surface area contributed by atoms with Gasteiger partial charge in [-0.25, -0.2) is 0 Å². The number of hydrogen-bond acceptors (Lipinski definition) is 4. The third-order valence-electron chi connectivity index (χ3n) is 3.57. The summed E-state index contributed by atoms with van der Waals surface area (Å²) in [6.45, 7) is 4.41. The predicted octanol–water partition coefficient (Wildman–Crippen LogP) is 3.79. The summed E-state index contributed by atoms with van der Waals surface area (Å²) in [5, 5.41) is 5.58. The van der Waals surface area contributed by atoms with Gasteiger partial charge < -0.3 is 4.90 Å². The molecular weight excluding hydrogens is 282 g/mol. The van der Waals surface area contributed by atoms with Crippen LogP contribution in [0.3, 0.4) is 0 Å². The Labute approximate surface area is 130 Å². The molecule has 4 nitrogen and oxygen atoms in total. The van der Waals surface area contributed by atoms with Gasteiger partial charge in [0, 0.05) is 12.4 Å². The van der Waals surface area contributed by atoms with Crippen molar-refractivity contribution in [1.29, 1.82) is 0 Å². The molecule has 5 heteroatoms. The molecule has 2 aromatic rings. The Bertz CT molecular complexity index is 554. The molecule has 0 aliphatic heterocycles. The molecule has 0 bridgehead atoms. The second-order valence-electron chi connectivity index (χ2n) is 5.60. The SMILES string of the molecule is CC(C)CC[C@@H](c1ccccc1)N(C)C(=O)c1csnn1. The topological polar surface area (TPSA) is 46.1 Å². The zero-order chi connectivity index (χ0) is 15.2. The molecule has 2 rings (SSSR count). The quantitative estimate of drug-likeness (QED) is 0.815. The highest BCUT2D eigenvalue weighted by atomic mass is 32.1. The Hall–Kier alpha value is -1.75. The molecule has 1 aromatic heterocycles. The molecule has 1 heterocycles. The lowest BCUT2D eigenvalue weighted by Gasteiger charge is -2.28. The highest BCUT2D eigenvalue weighted by Crippen LogP contribution is 2.27. The van der Waals surface area contributed by atoms with Crippen molar-refractivity contribution in [2.45, 2.75) is 32.7 Å². The van der Waals surface area contributed by atoms with Crippen molar-refractivity contribution < 1.29 is 4.79 Å². The zero-order valence-electron chi connectivity index (χ0n) is 12.7. The lowest BCUT2D eigenvalue weighted by molar-refractivity contribution is 0.0711. The van der Waals surface area contributed by atoms with Gasteiger partial charge in [0.2, 0.25) is 0 Å². The van der Waals surface area contributed by atoms with Crippen LogP contribution in [0.2, 0.25) is 0 Å². The van der Waals surface area contributed by atoms with Gasteiger partial charge in [0.05, 0.1) is 6.04 Å². The monoisotopic (exact) mass is 303 g/mol. The Morgan fingerprint density at radius 3 is 2.52 bits per heavy atom. The van der Waals surface area contributed by atoms with Crippen LogP contribution >= 0.6 is 11.5 Å². The fraction of sp³-hybridized carbons (Fsp3) is 0.438. The van der Waals surface area contributed by atoms with E-state index in [1.165, 1.54) is 11.5 Å². The molecule has 1 amide bonds. The van der Waals surface area contributed by atoms with Crippen molar-refractivity contribution in [2.24, 2.45) is 5.92 Å². The number of benzene rings is 1. The van der Waals surface area contributed by atoms with Gasteiger partial charge in [0.15, 0.2) is 5.69 Å². The van der Waals surface area contributed by atoms with Crippen LogP contribution < -0.4 is 0 Å². The Balaban J connectivity index is 2.20. The maximum atomic E-state index is 12.5. The smallest absolute Gasteiger partial charge is 0.275 e. The maximum Gasteiger partial charge on any atom is 0.275 e. The zero-order valence-corrected chi connectivity index (χ0v) is 13.5. The minimum atomic E-state index is -0.0682. The van der Waals surface area contributed by atoms with E-state index < -0.39 is 0 Å². The molecular formula is C16H21N3OS. The normalized spacial score (nSPS) is 12.4. The number of rotatable bonds is 6. The number of nitrogens with zero attached hydrogens (tertiary/aromatic N) is 3. The van der Waals surface area contributed by atoms with Crippen molar-refractivity contribution in [3.05, 3.63) is 47.0 Å². The molecule has 0 aliphatic rings. The van der Waals surface area contributed by atoms with Crippen LogP contribution in [0.5, 0.6) is 0 Å². The van der Waals surface area contributed by atoms with E-state index in [1.54, 1.807) is 10.3 Å². The molecule has 0 unspecified atom stereocenters. The number of amides is 1. The van der Waals surface area contributed by atoms with Gasteiger partial charge in [-0.1, -0.05) is 48.7 Å². The van der Waals surface area contributed by atoms with E-state index in [0.29, 0.717) is 11.6 Å². The predicted molar refractivity (Wildman–Crippen MR) is 85.3 cm³/mol. The van der Waals surface area contributed by atoms with E-state index in [9.17, 15) is 4.79 Å². The van der Waals surface area contributed by atoms with E-state index in [1.807, 2.05) is 25.2 Å². The molecule has 112 valence electrons. The largest absolute Gasteiger partial charge is 0.333 e. The van der Waals surface area contributed by atoms with E-state index in [-0.39, 0.29) is 11.9 Å². The summed E-state index contributed by atoms with van der Waals surface area (Å²) in [6.07, 6.45) is 2.02. The van der Waals surface area contributed by atoms with Crippen molar-refractivity contribution in [3.63, 3.8) is 0 Å². The summed E-state index contributed by atoms with van der Waals surface area (Å²) in [5.74, 6) is 0.544. The van der Waals surface area contributed by atoms with Crippen LogP contribution in [0, 0.1) is 5.92 Å². The summed E-state index contributed by atoms with van der Waals surface area (Å²) in [4.78, 5) is 14.3. The molecule has 1 atom stereocenters. The maximum absolute atomic E-state index is 12.5. The van der Waals surface area contributed by atoms with Crippen LogP contribution in [0.15, 0.2) is 35.7 Å². The molecule has 0 radical (unpaired) electrons. The van der Waals surface area contributed by atoms with E-state index >= 15 is 0 Å². The number of carbonyl (C=O) groups excluding carboxylic acids is 1. The standard InChI is InChI=1S/C16H21N3OS/c1-12(2)9-10-15(13-7-5-4-6-8-13)19(3)16(20)14-11-21-18-17-14/h4-8,11-12,15H,9-10H2,1-3H3/t15-/m0/s1. The first-order valence-electron chi connectivity index (χ1n) is 7.18. The van der Waals surface area contributed by atoms with Gasteiger partial charge in [-0.05, 0) is 35.9 Å². The van der Waals surface area contributed by atoms with Crippen LogP contribution in [0.25, 0.3) is 0 Å². The molecule has 0 N–H and O–H groups in total. The number of carbonyl (C=O) groups is 1. The highest BCUT2D eigenvalue weighted by Gasteiger charge is 2.24. The lowest BCUT2D eigenvalue weighted by Crippen LogP contribution is -2.31. The molecule has 0 aliphatic carbocycles. The highest BCUT2D eigenvalue weighted by molar-refractivity contribution is 7.03. The average molecular weight is 303 g/mol. The van der Waals surface area contributed by atoms with Gasteiger partial charge in [0.1, 0.15) is 0 Å². The summed E-state index contributed by atoms with van der Waals surface area (Å²) in [7, 11) is 1.85. The molecule has 0 saturated heterocycles. The first kappa shape index (κ1) is 15.6. The third-order valence-corrected chi connectivity index (χ3v) is 4.07. The minimum absolute atomic E-state index is 0.0682. The average Bonchev–Trinajstić information content (AvgIpc) is 3.01. The Kier molecular flexibility index (Phi) is 5.44. The summed E-state index contributed by atoms with van der Waals surface area (Å²) >= 11 is 1.20. The Morgan fingerprint density at radius 2 is 1.95 bits per heavy atom. The second-order valence-corrected chi connectivity index (χ2v) is 6.21. The summed E-state index contributed by atoms with van der Waals surface area (Å²) in [5.41, 5.74) is 1.59. The van der Waals surface area contributed by atoms with Gasteiger partial charge in [-0.2, -0.15) is 0 Å². The summed E-state index contributed by atoms with van der Waals surface area (Å²) in [6, 6.07) is 10.3. The minimum Gasteiger partial charge on any atom is -0.333 e. The second kappa shape index (κ2) is 7.31. The van der Waals surface area contributed by atoms with E-state index in [4.69, 9.17) is 0 Å². The van der Waals surface area contributed by atoms with Gasteiger partial charge >= 0.3 is 0 Å². The van der Waals surface area contributed by atoms with Crippen LogP contribution in [-0.4, -0.2) is 27.4 Å². The van der Waals surface area contributed by atoms with Crippen molar-refractivity contribution in [1.82, 2.24) is 14.5 Å². The molecule has 0 spiro atoms. The first-order valence-corrected chi connectivity index (χ1v) is 8.02. The van der Waals surface area contributed by atoms with Gasteiger partial charge in [-0.15, -0.1) is 5.10 Å². The van der Waals surface area contributed by atoms with Crippen molar-refractivity contribution >= 4 is 17.4 Å². The third kappa shape index (κ3) is 4.11. The Morgan fingerprint density at radius 1 is 1.24 bits per heavy atom. The van der Waals surface area contributed by atoms with Crippen molar-refractivity contribution in [2.75, 3.05) is 7.05 Å². The van der Waals surface area contributed by atoms with Crippen LogP contribution in [-0.2, 0) is 0 Å². The van der Waals surface area contributed by atoms with E-state index in [0.717, 1.165) is 18.4 Å². The van der Waals surface area contributed by atoms with Crippen LogP contribution in [0.4, 0.5) is 0 Å². The lowest BCUT2D eigenvalue weighted by atomic mass is 9.96. The fourth-order valence-corrected chi connectivity index (χ4v) is 2.76. The first-order chi connectivity index (χ1) is 10.1.